The minimum absolute atomic E-state index is 0.0402. The van der Waals surface area contributed by atoms with Crippen LogP contribution in [0.1, 0.15) is 12.6 Å². The number of thiazole rings is 1. The van der Waals surface area contributed by atoms with Crippen molar-refractivity contribution in [1.82, 2.24) is 14.8 Å². The summed E-state index contributed by atoms with van der Waals surface area (Å²) >= 11 is 1.45. The van der Waals surface area contributed by atoms with Gasteiger partial charge < -0.3 is 9.80 Å². The summed E-state index contributed by atoms with van der Waals surface area (Å²) in [6.45, 7) is 3.76. The fourth-order valence-electron chi connectivity index (χ4n) is 2.59. The van der Waals surface area contributed by atoms with Crippen LogP contribution in [0.4, 0.5) is 4.39 Å². The maximum Gasteiger partial charge on any atom is 0.246 e. The van der Waals surface area contributed by atoms with Crippen molar-refractivity contribution in [2.24, 2.45) is 0 Å². The van der Waals surface area contributed by atoms with E-state index in [1.54, 1.807) is 34.9 Å². The molecule has 1 aromatic carbocycles. The molecule has 0 spiro atoms. The van der Waals surface area contributed by atoms with Gasteiger partial charge >= 0.3 is 0 Å². The van der Waals surface area contributed by atoms with Gasteiger partial charge in [0.2, 0.25) is 11.8 Å². The maximum atomic E-state index is 13.0. The number of hydrogen-bond donors (Lipinski definition) is 0. The molecule has 2 heterocycles. The Balaban J connectivity index is 1.60. The first-order chi connectivity index (χ1) is 12.0. The van der Waals surface area contributed by atoms with Crippen molar-refractivity contribution in [2.75, 3.05) is 26.2 Å². The van der Waals surface area contributed by atoms with E-state index < -0.39 is 0 Å². The van der Waals surface area contributed by atoms with Crippen LogP contribution in [0.2, 0.25) is 0 Å². The normalized spacial score (nSPS) is 15.0. The monoisotopic (exact) mass is 359 g/mol. The number of aromatic nitrogens is 1. The molecule has 25 heavy (non-hydrogen) atoms. The van der Waals surface area contributed by atoms with Gasteiger partial charge in [-0.05, 0) is 30.3 Å². The van der Waals surface area contributed by atoms with Crippen LogP contribution in [0.3, 0.4) is 0 Å². The highest BCUT2D eigenvalue weighted by Crippen LogP contribution is 2.24. The lowest BCUT2D eigenvalue weighted by molar-refractivity contribution is -0.135. The van der Waals surface area contributed by atoms with E-state index in [-0.39, 0.29) is 17.6 Å². The third kappa shape index (κ3) is 4.30. The highest BCUT2D eigenvalue weighted by Gasteiger charge is 2.20. The second kappa shape index (κ2) is 7.57. The lowest BCUT2D eigenvalue weighted by Gasteiger charge is -2.33. The first-order valence-corrected chi connectivity index (χ1v) is 8.85. The minimum Gasteiger partial charge on any atom is -0.339 e. The highest BCUT2D eigenvalue weighted by atomic mass is 32.1. The molecule has 1 aromatic heterocycles. The fourth-order valence-corrected chi connectivity index (χ4v) is 3.39. The third-order valence-electron chi connectivity index (χ3n) is 4.05. The van der Waals surface area contributed by atoms with Gasteiger partial charge in [-0.2, -0.15) is 0 Å². The lowest BCUT2D eigenvalue weighted by atomic mass is 10.2. The van der Waals surface area contributed by atoms with Crippen molar-refractivity contribution < 1.29 is 14.0 Å². The van der Waals surface area contributed by atoms with Crippen LogP contribution >= 0.6 is 11.3 Å². The molecule has 7 heteroatoms. The Morgan fingerprint density at radius 1 is 1.12 bits per heavy atom. The van der Waals surface area contributed by atoms with Crippen LogP contribution in [0.5, 0.6) is 0 Å². The zero-order valence-corrected chi connectivity index (χ0v) is 14.6. The molecule has 1 aliphatic rings. The third-order valence-corrected chi connectivity index (χ3v) is 4.96. The first-order valence-electron chi connectivity index (χ1n) is 7.97. The molecule has 2 aromatic rings. The number of rotatable bonds is 3. The molecule has 1 aliphatic heterocycles. The van der Waals surface area contributed by atoms with Gasteiger partial charge in [0.1, 0.15) is 10.8 Å². The molecule has 3 rings (SSSR count). The summed E-state index contributed by atoms with van der Waals surface area (Å²) in [5.74, 6) is -0.325. The number of hydrogen-bond acceptors (Lipinski definition) is 4. The smallest absolute Gasteiger partial charge is 0.246 e. The molecule has 1 fully saturated rings. The zero-order valence-electron chi connectivity index (χ0n) is 13.8. The summed E-state index contributed by atoms with van der Waals surface area (Å²) in [6, 6.07) is 6.16. The predicted molar refractivity (Wildman–Crippen MR) is 95.4 cm³/mol. The molecule has 0 atom stereocenters. The summed E-state index contributed by atoms with van der Waals surface area (Å²) in [6.07, 6.45) is 3.19. The van der Waals surface area contributed by atoms with E-state index in [9.17, 15) is 14.0 Å². The minimum atomic E-state index is -0.282. The summed E-state index contributed by atoms with van der Waals surface area (Å²) in [4.78, 5) is 31.4. The average Bonchev–Trinajstić information content (AvgIpc) is 3.09. The van der Waals surface area contributed by atoms with E-state index in [1.807, 2.05) is 5.38 Å². The number of benzene rings is 1. The Morgan fingerprint density at radius 3 is 2.40 bits per heavy atom. The van der Waals surface area contributed by atoms with Gasteiger partial charge in [-0.25, -0.2) is 9.37 Å². The number of halogens is 1. The SMILES string of the molecule is CC(=O)N1CCN(C(=O)/C=C/c2csc(-c3ccc(F)cc3)n2)CC1. The van der Waals surface area contributed by atoms with Crippen LogP contribution < -0.4 is 0 Å². The number of piperazine rings is 1. The Morgan fingerprint density at radius 2 is 1.76 bits per heavy atom. The number of carbonyl (C=O) groups excluding carboxylic acids is 2. The van der Waals surface area contributed by atoms with Crippen molar-refractivity contribution in [1.29, 1.82) is 0 Å². The van der Waals surface area contributed by atoms with Crippen molar-refractivity contribution in [2.45, 2.75) is 6.92 Å². The molecular formula is C18H18FN3O2S. The van der Waals surface area contributed by atoms with Gasteiger partial charge in [-0.1, -0.05) is 0 Å². The van der Waals surface area contributed by atoms with Gasteiger partial charge in [0.25, 0.3) is 0 Å². The van der Waals surface area contributed by atoms with E-state index in [0.717, 1.165) is 10.6 Å². The zero-order chi connectivity index (χ0) is 17.8. The van der Waals surface area contributed by atoms with Crippen LogP contribution in [-0.2, 0) is 9.59 Å². The Bertz CT molecular complexity index is 793. The summed E-state index contributed by atoms with van der Waals surface area (Å²) in [5.41, 5.74) is 1.54. The van der Waals surface area contributed by atoms with Crippen LogP contribution in [0.15, 0.2) is 35.7 Å². The highest BCUT2D eigenvalue weighted by molar-refractivity contribution is 7.13. The van der Waals surface area contributed by atoms with Gasteiger partial charge in [0.15, 0.2) is 0 Å². The quantitative estimate of drug-likeness (QED) is 0.792. The van der Waals surface area contributed by atoms with Gasteiger partial charge in [-0.15, -0.1) is 11.3 Å². The van der Waals surface area contributed by atoms with E-state index >= 15 is 0 Å². The summed E-state index contributed by atoms with van der Waals surface area (Å²) < 4.78 is 13.0. The second-order valence-electron chi connectivity index (χ2n) is 5.75. The molecule has 0 radical (unpaired) electrons. The molecule has 1 saturated heterocycles. The summed E-state index contributed by atoms with van der Waals surface area (Å²) in [5, 5.41) is 2.64. The van der Waals surface area contributed by atoms with Crippen LogP contribution in [0, 0.1) is 5.82 Å². The van der Waals surface area contributed by atoms with Crippen LogP contribution in [-0.4, -0.2) is 52.8 Å². The van der Waals surface area contributed by atoms with Crippen molar-refractivity contribution >= 4 is 29.2 Å². The topological polar surface area (TPSA) is 53.5 Å². The number of nitrogens with zero attached hydrogens (tertiary/aromatic N) is 3. The average molecular weight is 359 g/mol. The molecule has 0 unspecified atom stereocenters. The summed E-state index contributed by atoms with van der Waals surface area (Å²) in [7, 11) is 0. The Hall–Kier alpha value is -2.54. The molecular weight excluding hydrogens is 341 g/mol. The lowest BCUT2D eigenvalue weighted by Crippen LogP contribution is -2.49. The first kappa shape index (κ1) is 17.3. The van der Waals surface area contributed by atoms with Crippen LogP contribution in [0.25, 0.3) is 16.6 Å². The molecule has 2 amide bonds. The van der Waals surface area contributed by atoms with Crippen molar-refractivity contribution in [3.8, 4) is 10.6 Å². The molecule has 5 nitrogen and oxygen atoms in total. The van der Waals surface area contributed by atoms with Crippen molar-refractivity contribution in [3.05, 3.63) is 47.2 Å². The molecule has 0 aliphatic carbocycles. The predicted octanol–water partition coefficient (Wildman–Crippen LogP) is 2.65. The van der Waals surface area contributed by atoms with E-state index in [0.29, 0.717) is 31.9 Å². The van der Waals surface area contributed by atoms with E-state index in [1.165, 1.54) is 29.5 Å². The van der Waals surface area contributed by atoms with E-state index in [4.69, 9.17) is 0 Å². The molecule has 0 N–H and O–H groups in total. The Kier molecular flexibility index (Phi) is 5.23. The van der Waals surface area contributed by atoms with Crippen molar-refractivity contribution in [3.63, 3.8) is 0 Å². The second-order valence-corrected chi connectivity index (χ2v) is 6.61. The standard InChI is InChI=1S/C18H18FN3O2S/c1-13(23)21-8-10-22(11-9-21)17(24)7-6-16-12-25-18(20-16)14-2-4-15(19)5-3-14/h2-7,12H,8-11H2,1H3/b7-6+. The molecule has 130 valence electrons. The van der Waals surface area contributed by atoms with Gasteiger partial charge in [0.05, 0.1) is 5.69 Å². The van der Waals surface area contributed by atoms with Gasteiger partial charge in [0, 0.05) is 50.1 Å². The van der Waals surface area contributed by atoms with Gasteiger partial charge in [-0.3, -0.25) is 9.59 Å². The van der Waals surface area contributed by atoms with E-state index in [2.05, 4.69) is 4.98 Å². The molecule has 0 saturated carbocycles. The largest absolute Gasteiger partial charge is 0.339 e. The Labute approximate surface area is 149 Å². The molecule has 0 bridgehead atoms. The number of amides is 2. The number of carbonyl (C=O) groups is 2. The fraction of sp³-hybridized carbons (Fsp3) is 0.278. The maximum absolute atomic E-state index is 13.0.